The van der Waals surface area contributed by atoms with Crippen LogP contribution in [0.5, 0.6) is 0 Å². The molecule has 0 saturated heterocycles. The van der Waals surface area contributed by atoms with Gasteiger partial charge in [0.25, 0.3) is 0 Å². The lowest BCUT2D eigenvalue weighted by atomic mass is 10.2. The Bertz CT molecular complexity index is 446. The molecule has 0 N–H and O–H groups in total. The van der Waals surface area contributed by atoms with Crippen molar-refractivity contribution >= 4 is 11.8 Å². The van der Waals surface area contributed by atoms with E-state index < -0.39 is 0 Å². The van der Waals surface area contributed by atoms with E-state index in [2.05, 4.69) is 44.2 Å². The molecule has 0 atom stereocenters. The van der Waals surface area contributed by atoms with Gasteiger partial charge in [0.1, 0.15) is 0 Å². The summed E-state index contributed by atoms with van der Waals surface area (Å²) in [5.41, 5.74) is 2.64. The topological polar surface area (TPSA) is 0 Å². The Morgan fingerprint density at radius 3 is 2.60 bits per heavy atom. The van der Waals surface area contributed by atoms with E-state index in [0.717, 1.165) is 0 Å². The summed E-state index contributed by atoms with van der Waals surface area (Å²) in [6.07, 6.45) is 0. The summed E-state index contributed by atoms with van der Waals surface area (Å²) < 4.78 is 0. The third kappa shape index (κ3) is 2.63. The summed E-state index contributed by atoms with van der Waals surface area (Å²) in [6.45, 7) is 4.27. The molecule has 2 aromatic rings. The predicted molar refractivity (Wildman–Crippen MR) is 65.3 cm³/mol. The van der Waals surface area contributed by atoms with Gasteiger partial charge in [0.05, 0.1) is 0 Å². The summed E-state index contributed by atoms with van der Waals surface area (Å²) in [5, 5.41) is 0. The number of aryl methyl sites for hydroxylation is 2. The number of benzene rings is 2. The second-order valence-corrected chi connectivity index (χ2v) is 4.68. The van der Waals surface area contributed by atoms with Crippen LogP contribution in [-0.4, -0.2) is 0 Å². The molecule has 0 aliphatic carbocycles. The van der Waals surface area contributed by atoms with E-state index in [-0.39, 0.29) is 0 Å². The minimum absolute atomic E-state index is 1.17. The molecule has 2 aromatic carbocycles. The lowest BCUT2D eigenvalue weighted by Crippen LogP contribution is -1.81. The Hall–Kier alpha value is -1.21. The number of hydrogen-bond donors (Lipinski definition) is 0. The maximum absolute atomic E-state index is 3.22. The second-order valence-electron chi connectivity index (χ2n) is 3.60. The first-order valence-corrected chi connectivity index (χ1v) is 5.79. The number of rotatable bonds is 2. The van der Waals surface area contributed by atoms with E-state index in [1.165, 1.54) is 20.9 Å². The molecule has 0 aliphatic rings. The predicted octanol–water partition coefficient (Wildman–Crippen LogP) is 4.25. The Labute approximate surface area is 95.3 Å². The maximum Gasteiger partial charge on any atom is 0.0201 e. The first kappa shape index (κ1) is 10.3. The van der Waals surface area contributed by atoms with Gasteiger partial charge in [-0.05, 0) is 37.6 Å². The summed E-state index contributed by atoms with van der Waals surface area (Å²) in [7, 11) is 0. The van der Waals surface area contributed by atoms with Crippen LogP contribution in [0.4, 0.5) is 0 Å². The van der Waals surface area contributed by atoms with E-state index >= 15 is 0 Å². The van der Waals surface area contributed by atoms with Crippen molar-refractivity contribution in [3.05, 3.63) is 59.7 Å². The van der Waals surface area contributed by atoms with Crippen LogP contribution in [0.25, 0.3) is 0 Å². The van der Waals surface area contributed by atoms with Gasteiger partial charge in [-0.1, -0.05) is 47.7 Å². The lowest BCUT2D eigenvalue weighted by molar-refractivity contribution is 1.26. The third-order valence-electron chi connectivity index (χ3n) is 2.23. The molecule has 0 fully saturated rings. The average Bonchev–Trinajstić information content (AvgIpc) is 2.24. The molecule has 0 amide bonds. The van der Waals surface area contributed by atoms with Gasteiger partial charge in [-0.2, -0.15) is 0 Å². The molecule has 1 heteroatoms. The minimum atomic E-state index is 1.17. The van der Waals surface area contributed by atoms with Crippen LogP contribution in [0, 0.1) is 19.9 Å². The highest BCUT2D eigenvalue weighted by Gasteiger charge is 2.00. The molecule has 0 heterocycles. The van der Waals surface area contributed by atoms with E-state index in [9.17, 15) is 0 Å². The molecule has 75 valence electrons. The van der Waals surface area contributed by atoms with Crippen LogP contribution >= 0.6 is 11.8 Å². The van der Waals surface area contributed by atoms with Crippen LogP contribution in [0.1, 0.15) is 11.1 Å². The van der Waals surface area contributed by atoms with E-state index in [1.807, 2.05) is 18.2 Å². The van der Waals surface area contributed by atoms with Crippen molar-refractivity contribution in [3.63, 3.8) is 0 Å². The summed E-state index contributed by atoms with van der Waals surface area (Å²) in [5.74, 6) is 0. The summed E-state index contributed by atoms with van der Waals surface area (Å²) in [4.78, 5) is 2.48. The highest BCUT2D eigenvalue weighted by Crippen LogP contribution is 2.29. The molecule has 0 bridgehead atoms. The van der Waals surface area contributed by atoms with Gasteiger partial charge >= 0.3 is 0 Å². The van der Waals surface area contributed by atoms with Crippen LogP contribution < -0.4 is 0 Å². The zero-order valence-corrected chi connectivity index (χ0v) is 9.77. The molecule has 1 radical (unpaired) electrons. The maximum atomic E-state index is 3.22. The molecule has 2 rings (SSSR count). The van der Waals surface area contributed by atoms with Crippen molar-refractivity contribution in [2.75, 3.05) is 0 Å². The molecule has 0 unspecified atom stereocenters. The lowest BCUT2D eigenvalue weighted by Gasteiger charge is -2.05. The van der Waals surface area contributed by atoms with Gasteiger partial charge in [-0.25, -0.2) is 0 Å². The van der Waals surface area contributed by atoms with Crippen LogP contribution in [0.15, 0.2) is 52.3 Å². The molecular weight excluding hydrogens is 200 g/mol. The first-order valence-electron chi connectivity index (χ1n) is 4.97. The van der Waals surface area contributed by atoms with Crippen LogP contribution in [0.3, 0.4) is 0 Å². The van der Waals surface area contributed by atoms with Crippen molar-refractivity contribution in [2.45, 2.75) is 23.6 Å². The molecule has 0 saturated carbocycles. The van der Waals surface area contributed by atoms with E-state index in [4.69, 9.17) is 0 Å². The standard InChI is InChI=1S/C14H13S/c1-11-8-9-14(12(2)10-11)15-13-6-4-3-5-7-13/h3-6,8-10H,1-2H3. The van der Waals surface area contributed by atoms with Crippen molar-refractivity contribution in [1.82, 2.24) is 0 Å². The Kier molecular flexibility index (Phi) is 3.12. The fourth-order valence-corrected chi connectivity index (χ4v) is 2.34. The van der Waals surface area contributed by atoms with Crippen molar-refractivity contribution in [2.24, 2.45) is 0 Å². The zero-order chi connectivity index (χ0) is 10.7. The Morgan fingerprint density at radius 2 is 1.93 bits per heavy atom. The van der Waals surface area contributed by atoms with E-state index in [1.54, 1.807) is 11.8 Å². The highest BCUT2D eigenvalue weighted by atomic mass is 32.2. The summed E-state index contributed by atoms with van der Waals surface area (Å²) in [6, 6.07) is 17.8. The summed E-state index contributed by atoms with van der Waals surface area (Å²) >= 11 is 1.77. The van der Waals surface area contributed by atoms with Crippen LogP contribution in [-0.2, 0) is 0 Å². The van der Waals surface area contributed by atoms with Crippen LogP contribution in [0.2, 0.25) is 0 Å². The van der Waals surface area contributed by atoms with Crippen molar-refractivity contribution < 1.29 is 0 Å². The fourth-order valence-electron chi connectivity index (χ4n) is 1.47. The minimum Gasteiger partial charge on any atom is -0.0892 e. The fraction of sp³-hybridized carbons (Fsp3) is 0.143. The van der Waals surface area contributed by atoms with Crippen molar-refractivity contribution in [3.8, 4) is 0 Å². The average molecular weight is 213 g/mol. The molecule has 0 nitrogen and oxygen atoms in total. The van der Waals surface area contributed by atoms with Gasteiger partial charge in [-0.15, -0.1) is 0 Å². The zero-order valence-electron chi connectivity index (χ0n) is 8.95. The SMILES string of the molecule is Cc1ccc(Sc2[c]cccc2)c(C)c1. The monoisotopic (exact) mass is 213 g/mol. The van der Waals surface area contributed by atoms with Crippen molar-refractivity contribution in [1.29, 1.82) is 0 Å². The molecule has 15 heavy (non-hydrogen) atoms. The molecule has 0 spiro atoms. The highest BCUT2D eigenvalue weighted by molar-refractivity contribution is 7.99. The largest absolute Gasteiger partial charge is 0.0892 e. The Balaban J connectivity index is 2.25. The van der Waals surface area contributed by atoms with E-state index in [0.29, 0.717) is 0 Å². The third-order valence-corrected chi connectivity index (χ3v) is 3.38. The van der Waals surface area contributed by atoms with Gasteiger partial charge in [0, 0.05) is 9.79 Å². The van der Waals surface area contributed by atoms with Gasteiger partial charge in [0.2, 0.25) is 0 Å². The van der Waals surface area contributed by atoms with Gasteiger partial charge < -0.3 is 0 Å². The quantitative estimate of drug-likeness (QED) is 0.718. The molecule has 0 aromatic heterocycles. The Morgan fingerprint density at radius 1 is 1.07 bits per heavy atom. The number of hydrogen-bond acceptors (Lipinski definition) is 1. The van der Waals surface area contributed by atoms with Gasteiger partial charge in [0.15, 0.2) is 0 Å². The molecular formula is C14H13S. The smallest absolute Gasteiger partial charge is 0.0201 e. The van der Waals surface area contributed by atoms with Gasteiger partial charge in [-0.3, -0.25) is 0 Å². The normalized spacial score (nSPS) is 10.3. The molecule has 0 aliphatic heterocycles. The first-order chi connectivity index (χ1) is 7.25. The second kappa shape index (κ2) is 4.54.